The van der Waals surface area contributed by atoms with E-state index < -0.39 is 14.7 Å². The van der Waals surface area contributed by atoms with E-state index in [1.165, 1.54) is 12.1 Å². The Balaban J connectivity index is 2.80. The molecule has 1 rings (SSSR count). The van der Waals surface area contributed by atoms with Crippen molar-refractivity contribution in [2.24, 2.45) is 0 Å². The third-order valence-corrected chi connectivity index (χ3v) is 3.24. The van der Waals surface area contributed by atoms with E-state index in [4.69, 9.17) is 11.6 Å². The minimum atomic E-state index is -4.35. The number of carbonyl (C=O) groups is 1. The van der Waals surface area contributed by atoms with E-state index in [1.807, 2.05) is 6.92 Å². The molecule has 0 heterocycles. The standard InChI is InChI=1S/C10H11ClO4S/c1-2-3-8-4-6-9(7-5-8)15-16(13,14)10(11)12/h4-7H,2-3H2,1H3. The van der Waals surface area contributed by atoms with Crippen LogP contribution in [0.4, 0.5) is 4.79 Å². The summed E-state index contributed by atoms with van der Waals surface area (Å²) in [7, 11) is -4.35. The fourth-order valence-corrected chi connectivity index (χ4v) is 1.68. The fourth-order valence-electron chi connectivity index (χ4n) is 1.16. The SMILES string of the molecule is CCCc1ccc(OS(=O)(=O)C(=O)Cl)cc1. The number of hydrogen-bond donors (Lipinski definition) is 0. The zero-order chi connectivity index (χ0) is 12.2. The average Bonchev–Trinajstić information content (AvgIpc) is 2.21. The van der Waals surface area contributed by atoms with E-state index in [0.717, 1.165) is 18.4 Å². The Kier molecular flexibility index (Phi) is 4.32. The van der Waals surface area contributed by atoms with E-state index in [-0.39, 0.29) is 5.75 Å². The zero-order valence-corrected chi connectivity index (χ0v) is 10.2. The molecule has 0 bridgehead atoms. The summed E-state index contributed by atoms with van der Waals surface area (Å²) in [4.78, 5) is 10.5. The van der Waals surface area contributed by atoms with Crippen molar-refractivity contribution in [3.63, 3.8) is 0 Å². The molecule has 6 heteroatoms. The molecule has 0 aromatic heterocycles. The van der Waals surface area contributed by atoms with E-state index in [2.05, 4.69) is 4.18 Å². The number of hydrogen-bond acceptors (Lipinski definition) is 4. The highest BCUT2D eigenvalue weighted by molar-refractivity contribution is 8.05. The van der Waals surface area contributed by atoms with Crippen LogP contribution in [0.3, 0.4) is 0 Å². The van der Waals surface area contributed by atoms with Crippen LogP contribution in [0.25, 0.3) is 0 Å². The second kappa shape index (κ2) is 5.32. The summed E-state index contributed by atoms with van der Waals surface area (Å²) in [5.74, 6) is 0.0776. The van der Waals surface area contributed by atoms with Crippen LogP contribution in [0.2, 0.25) is 0 Å². The van der Waals surface area contributed by atoms with Gasteiger partial charge in [0.15, 0.2) is 0 Å². The van der Waals surface area contributed by atoms with Crippen molar-refractivity contribution in [2.75, 3.05) is 0 Å². The van der Waals surface area contributed by atoms with E-state index in [9.17, 15) is 13.2 Å². The van der Waals surface area contributed by atoms with Gasteiger partial charge in [-0.3, -0.25) is 4.79 Å². The van der Waals surface area contributed by atoms with Gasteiger partial charge in [-0.2, -0.15) is 8.42 Å². The van der Waals surface area contributed by atoms with Crippen LogP contribution in [-0.4, -0.2) is 13.0 Å². The lowest BCUT2D eigenvalue weighted by Crippen LogP contribution is -2.14. The van der Waals surface area contributed by atoms with E-state index in [1.54, 1.807) is 12.1 Å². The first-order valence-electron chi connectivity index (χ1n) is 4.68. The highest BCUT2D eigenvalue weighted by atomic mass is 35.5. The van der Waals surface area contributed by atoms with Crippen molar-refractivity contribution in [2.45, 2.75) is 19.8 Å². The highest BCUT2D eigenvalue weighted by Crippen LogP contribution is 2.16. The molecule has 0 saturated carbocycles. The minimum Gasteiger partial charge on any atom is -0.376 e. The fraction of sp³-hybridized carbons (Fsp3) is 0.300. The Morgan fingerprint density at radius 2 is 1.88 bits per heavy atom. The van der Waals surface area contributed by atoms with Gasteiger partial charge in [0.1, 0.15) is 5.75 Å². The van der Waals surface area contributed by atoms with Gasteiger partial charge in [-0.1, -0.05) is 25.5 Å². The van der Waals surface area contributed by atoms with Crippen molar-refractivity contribution in [1.29, 1.82) is 0 Å². The average molecular weight is 263 g/mol. The zero-order valence-electron chi connectivity index (χ0n) is 8.64. The Morgan fingerprint density at radius 1 is 1.31 bits per heavy atom. The summed E-state index contributed by atoms with van der Waals surface area (Å²) >= 11 is 4.85. The maximum atomic E-state index is 11.0. The molecular formula is C10H11ClO4S. The van der Waals surface area contributed by atoms with Crippen molar-refractivity contribution in [1.82, 2.24) is 0 Å². The third kappa shape index (κ3) is 3.50. The molecule has 88 valence electrons. The van der Waals surface area contributed by atoms with Gasteiger partial charge in [-0.15, -0.1) is 0 Å². The molecule has 0 radical (unpaired) electrons. The van der Waals surface area contributed by atoms with Crippen LogP contribution >= 0.6 is 11.6 Å². The quantitative estimate of drug-likeness (QED) is 0.618. The van der Waals surface area contributed by atoms with Gasteiger partial charge in [0, 0.05) is 0 Å². The molecule has 0 amide bonds. The Morgan fingerprint density at radius 3 is 2.31 bits per heavy atom. The van der Waals surface area contributed by atoms with Gasteiger partial charge >= 0.3 is 14.7 Å². The molecule has 0 fully saturated rings. The molecule has 0 unspecified atom stereocenters. The van der Waals surface area contributed by atoms with Crippen LogP contribution in [0.1, 0.15) is 18.9 Å². The van der Waals surface area contributed by atoms with Gasteiger partial charge < -0.3 is 4.18 Å². The molecule has 0 spiro atoms. The van der Waals surface area contributed by atoms with Crippen LogP contribution in [0.5, 0.6) is 5.75 Å². The second-order valence-corrected chi connectivity index (χ2v) is 5.18. The van der Waals surface area contributed by atoms with Crippen LogP contribution < -0.4 is 4.18 Å². The molecule has 0 N–H and O–H groups in total. The smallest absolute Gasteiger partial charge is 0.376 e. The molecule has 1 aromatic rings. The second-order valence-electron chi connectivity index (χ2n) is 3.17. The van der Waals surface area contributed by atoms with Crippen LogP contribution in [0, 0.1) is 0 Å². The van der Waals surface area contributed by atoms with Crippen molar-refractivity contribution >= 4 is 26.3 Å². The summed E-state index contributed by atoms with van der Waals surface area (Å²) in [6.07, 6.45) is 1.90. The molecule has 0 aliphatic rings. The highest BCUT2D eigenvalue weighted by Gasteiger charge is 2.21. The molecule has 16 heavy (non-hydrogen) atoms. The molecule has 4 nitrogen and oxygen atoms in total. The molecule has 0 aliphatic carbocycles. The largest absolute Gasteiger partial charge is 0.389 e. The van der Waals surface area contributed by atoms with E-state index in [0.29, 0.717) is 0 Å². The first kappa shape index (κ1) is 13.0. The van der Waals surface area contributed by atoms with Gasteiger partial charge in [-0.05, 0) is 35.7 Å². The topological polar surface area (TPSA) is 60.4 Å². The monoisotopic (exact) mass is 262 g/mol. The maximum Gasteiger partial charge on any atom is 0.389 e. The lowest BCUT2D eigenvalue weighted by atomic mass is 10.1. The van der Waals surface area contributed by atoms with Crippen LogP contribution in [-0.2, 0) is 16.5 Å². The first-order valence-corrected chi connectivity index (χ1v) is 6.47. The predicted octanol–water partition coefficient (Wildman–Crippen LogP) is 2.71. The minimum absolute atomic E-state index is 0.0776. The lowest BCUT2D eigenvalue weighted by Gasteiger charge is -2.04. The molecule has 0 saturated heterocycles. The Labute approximate surface area is 99.3 Å². The summed E-state index contributed by atoms with van der Waals surface area (Å²) in [6.45, 7) is 2.04. The predicted molar refractivity (Wildman–Crippen MR) is 61.2 cm³/mol. The molecule has 0 atom stereocenters. The maximum absolute atomic E-state index is 11.0. The van der Waals surface area contributed by atoms with Gasteiger partial charge in [0.05, 0.1) is 0 Å². The summed E-state index contributed by atoms with van der Waals surface area (Å²) in [5, 5.41) is 0. The number of aryl methyl sites for hydroxylation is 1. The first-order chi connectivity index (χ1) is 7.45. The van der Waals surface area contributed by atoms with Gasteiger partial charge in [0.25, 0.3) is 0 Å². The van der Waals surface area contributed by atoms with E-state index >= 15 is 0 Å². The normalized spacial score (nSPS) is 11.1. The molecule has 0 aliphatic heterocycles. The van der Waals surface area contributed by atoms with Crippen molar-refractivity contribution in [3.8, 4) is 5.75 Å². The number of halogens is 1. The summed E-state index contributed by atoms with van der Waals surface area (Å²) < 4.78 is 25.0. The van der Waals surface area contributed by atoms with Crippen molar-refractivity contribution in [3.05, 3.63) is 29.8 Å². The Bertz CT molecular complexity index is 464. The molecular weight excluding hydrogens is 252 g/mol. The number of carbonyl (C=O) groups excluding carboxylic acids is 1. The van der Waals surface area contributed by atoms with Crippen molar-refractivity contribution < 1.29 is 17.4 Å². The van der Waals surface area contributed by atoms with Gasteiger partial charge in [-0.25, -0.2) is 0 Å². The van der Waals surface area contributed by atoms with Crippen LogP contribution in [0.15, 0.2) is 24.3 Å². The summed E-state index contributed by atoms with van der Waals surface area (Å²) in [5.41, 5.74) is 1.07. The summed E-state index contributed by atoms with van der Waals surface area (Å²) in [6, 6.07) is 6.46. The number of rotatable bonds is 4. The number of benzene rings is 1. The molecule has 1 aromatic carbocycles. The Hall–Kier alpha value is -1.07. The van der Waals surface area contributed by atoms with Gasteiger partial charge in [0.2, 0.25) is 0 Å². The third-order valence-electron chi connectivity index (χ3n) is 1.86. The lowest BCUT2D eigenvalue weighted by molar-refractivity contribution is 0.272.